The van der Waals surface area contributed by atoms with Crippen LogP contribution in [0.3, 0.4) is 0 Å². The Morgan fingerprint density at radius 1 is 0.963 bits per heavy atom. The van der Waals surface area contributed by atoms with Gasteiger partial charge in [0.1, 0.15) is 11.5 Å². The van der Waals surface area contributed by atoms with Gasteiger partial charge >= 0.3 is 0 Å². The first-order valence-corrected chi connectivity index (χ1v) is 10.9. The molecule has 1 fully saturated rings. The highest BCUT2D eigenvalue weighted by atomic mass is 35.5. The van der Waals surface area contributed by atoms with Gasteiger partial charge < -0.3 is 15.0 Å². The molecule has 9 heteroatoms. The number of benzene rings is 2. The van der Waals surface area contributed by atoms with Gasteiger partial charge in [-0.3, -0.25) is 4.31 Å². The first-order valence-electron chi connectivity index (χ1n) is 8.68. The highest BCUT2D eigenvalue weighted by Crippen LogP contribution is 2.43. The number of fused-ring (bicyclic) bond motifs is 1. The number of para-hydroxylation sites is 1. The highest BCUT2D eigenvalue weighted by Gasteiger charge is 2.34. The predicted octanol–water partition coefficient (Wildman–Crippen LogP) is 2.99. The molecule has 0 atom stereocenters. The molecule has 0 bridgehead atoms. The van der Waals surface area contributed by atoms with Gasteiger partial charge in [0.2, 0.25) is 0 Å². The number of halogens is 2. The average Bonchev–Trinajstić information content (AvgIpc) is 2.69. The molecule has 6 nitrogen and oxygen atoms in total. The van der Waals surface area contributed by atoms with E-state index in [4.69, 9.17) is 27.9 Å². The lowest BCUT2D eigenvalue weighted by molar-refractivity contribution is 0.315. The SMILES string of the molecule is O=S(=O)(c1cccc(Cl)c1Cl)N1CCOc2c(N3CCNCC3)cccc21. The van der Waals surface area contributed by atoms with Gasteiger partial charge in [-0.2, -0.15) is 0 Å². The van der Waals surface area contributed by atoms with Crippen molar-refractivity contribution in [2.24, 2.45) is 0 Å². The number of hydrogen-bond acceptors (Lipinski definition) is 5. The second-order valence-corrected chi connectivity index (χ2v) is 8.96. The zero-order valence-corrected chi connectivity index (χ0v) is 16.8. The average molecular weight is 428 g/mol. The van der Waals surface area contributed by atoms with E-state index in [-0.39, 0.29) is 28.1 Å². The molecule has 0 unspecified atom stereocenters. The Morgan fingerprint density at radius 3 is 2.44 bits per heavy atom. The van der Waals surface area contributed by atoms with Crippen LogP contribution in [-0.2, 0) is 10.0 Å². The summed E-state index contributed by atoms with van der Waals surface area (Å²) in [7, 11) is -3.87. The Morgan fingerprint density at radius 2 is 1.67 bits per heavy atom. The van der Waals surface area contributed by atoms with E-state index < -0.39 is 10.0 Å². The number of anilines is 2. The standard InChI is InChI=1S/C18H19Cl2N3O3S/c19-13-3-1-6-16(17(13)20)27(24,25)23-11-12-26-18-14(4-2-5-15(18)23)22-9-7-21-8-10-22/h1-6,21H,7-12H2. The maximum Gasteiger partial charge on any atom is 0.266 e. The van der Waals surface area contributed by atoms with Crippen LogP contribution in [0.2, 0.25) is 10.0 Å². The third-order valence-electron chi connectivity index (χ3n) is 4.72. The minimum absolute atomic E-state index is 0.00269. The molecule has 0 spiro atoms. The Balaban J connectivity index is 1.78. The van der Waals surface area contributed by atoms with E-state index in [1.165, 1.54) is 10.4 Å². The summed E-state index contributed by atoms with van der Waals surface area (Å²) in [6.07, 6.45) is 0. The quantitative estimate of drug-likeness (QED) is 0.815. The summed E-state index contributed by atoms with van der Waals surface area (Å²) in [5.74, 6) is 0.590. The van der Waals surface area contributed by atoms with Crippen LogP contribution in [0.25, 0.3) is 0 Å². The van der Waals surface area contributed by atoms with Crippen LogP contribution in [0.1, 0.15) is 0 Å². The summed E-state index contributed by atoms with van der Waals surface area (Å²) < 4.78 is 33.9. The molecule has 27 heavy (non-hydrogen) atoms. The van der Waals surface area contributed by atoms with Gasteiger partial charge in [0.25, 0.3) is 10.0 Å². The van der Waals surface area contributed by atoms with E-state index in [2.05, 4.69) is 10.2 Å². The van der Waals surface area contributed by atoms with E-state index in [0.717, 1.165) is 31.9 Å². The highest BCUT2D eigenvalue weighted by molar-refractivity contribution is 7.93. The van der Waals surface area contributed by atoms with Crippen LogP contribution in [0, 0.1) is 0 Å². The summed E-state index contributed by atoms with van der Waals surface area (Å²) in [6, 6.07) is 10.2. The zero-order valence-electron chi connectivity index (χ0n) is 14.5. The van der Waals surface area contributed by atoms with Gasteiger partial charge in [0.05, 0.1) is 28.0 Å². The molecule has 1 N–H and O–H groups in total. The van der Waals surface area contributed by atoms with Crippen LogP contribution in [0.5, 0.6) is 5.75 Å². The van der Waals surface area contributed by atoms with Crippen LogP contribution in [0.15, 0.2) is 41.3 Å². The minimum Gasteiger partial charge on any atom is -0.487 e. The first-order chi connectivity index (χ1) is 13.0. The van der Waals surface area contributed by atoms with Crippen LogP contribution < -0.4 is 19.3 Å². The van der Waals surface area contributed by atoms with Crippen molar-refractivity contribution in [3.8, 4) is 5.75 Å². The van der Waals surface area contributed by atoms with Gasteiger partial charge in [-0.1, -0.05) is 35.3 Å². The van der Waals surface area contributed by atoms with E-state index in [9.17, 15) is 8.42 Å². The topological polar surface area (TPSA) is 61.9 Å². The second kappa shape index (κ2) is 7.39. The number of sulfonamides is 1. The molecule has 0 aromatic heterocycles. The monoisotopic (exact) mass is 427 g/mol. The molecule has 0 radical (unpaired) electrons. The molecule has 0 saturated carbocycles. The van der Waals surface area contributed by atoms with E-state index in [0.29, 0.717) is 11.4 Å². The number of ether oxygens (including phenoxy) is 1. The van der Waals surface area contributed by atoms with Gasteiger partial charge in [0, 0.05) is 26.2 Å². The third-order valence-corrected chi connectivity index (χ3v) is 7.51. The van der Waals surface area contributed by atoms with Crippen molar-refractivity contribution in [2.45, 2.75) is 4.90 Å². The van der Waals surface area contributed by atoms with E-state index in [1.807, 2.05) is 12.1 Å². The van der Waals surface area contributed by atoms with Crippen LogP contribution in [0.4, 0.5) is 11.4 Å². The van der Waals surface area contributed by atoms with Gasteiger partial charge in [-0.25, -0.2) is 8.42 Å². The summed E-state index contributed by atoms with van der Waals surface area (Å²) in [4.78, 5) is 2.20. The molecule has 0 aliphatic carbocycles. The summed E-state index contributed by atoms with van der Waals surface area (Å²) >= 11 is 12.2. The normalized spacial score (nSPS) is 17.4. The predicted molar refractivity (Wildman–Crippen MR) is 108 cm³/mol. The number of piperazine rings is 1. The molecule has 2 aliphatic rings. The Kier molecular flexibility index (Phi) is 5.11. The third kappa shape index (κ3) is 3.33. The van der Waals surface area contributed by atoms with E-state index >= 15 is 0 Å². The van der Waals surface area contributed by atoms with Crippen LogP contribution in [-0.4, -0.2) is 47.7 Å². The fraction of sp³-hybridized carbons (Fsp3) is 0.333. The summed E-state index contributed by atoms with van der Waals surface area (Å²) in [5, 5.41) is 3.56. The Bertz CT molecular complexity index is 962. The van der Waals surface area contributed by atoms with Crippen molar-refractivity contribution in [3.63, 3.8) is 0 Å². The summed E-state index contributed by atoms with van der Waals surface area (Å²) in [5.41, 5.74) is 1.43. The Labute approximate surface area is 168 Å². The fourth-order valence-corrected chi connectivity index (χ4v) is 5.61. The molecular formula is C18H19Cl2N3O3S. The van der Waals surface area contributed by atoms with Crippen molar-refractivity contribution in [1.29, 1.82) is 0 Å². The van der Waals surface area contributed by atoms with Gasteiger partial charge in [-0.15, -0.1) is 0 Å². The number of rotatable bonds is 3. The maximum atomic E-state index is 13.3. The molecule has 2 aromatic carbocycles. The van der Waals surface area contributed by atoms with Crippen molar-refractivity contribution >= 4 is 44.6 Å². The second-order valence-electron chi connectivity index (χ2n) is 6.34. The number of nitrogens with zero attached hydrogens (tertiary/aromatic N) is 2. The molecule has 2 heterocycles. The van der Waals surface area contributed by atoms with Crippen LogP contribution >= 0.6 is 23.2 Å². The molecule has 144 valence electrons. The van der Waals surface area contributed by atoms with E-state index in [1.54, 1.807) is 18.2 Å². The molecule has 2 aromatic rings. The summed E-state index contributed by atoms with van der Waals surface area (Å²) in [6.45, 7) is 3.92. The molecule has 4 rings (SSSR count). The molecular weight excluding hydrogens is 409 g/mol. The number of nitrogens with one attached hydrogen (secondary N) is 1. The van der Waals surface area contributed by atoms with Gasteiger partial charge in [0.15, 0.2) is 5.75 Å². The van der Waals surface area contributed by atoms with Crippen molar-refractivity contribution in [1.82, 2.24) is 5.32 Å². The lowest BCUT2D eigenvalue weighted by Crippen LogP contribution is -2.44. The smallest absolute Gasteiger partial charge is 0.266 e. The van der Waals surface area contributed by atoms with Crippen molar-refractivity contribution in [2.75, 3.05) is 48.5 Å². The van der Waals surface area contributed by atoms with Crippen molar-refractivity contribution in [3.05, 3.63) is 46.4 Å². The Hall–Kier alpha value is -1.67. The number of hydrogen-bond donors (Lipinski definition) is 1. The molecule has 1 saturated heterocycles. The lowest BCUT2D eigenvalue weighted by Gasteiger charge is -2.36. The zero-order chi connectivity index (χ0) is 19.0. The maximum absolute atomic E-state index is 13.3. The van der Waals surface area contributed by atoms with Gasteiger partial charge in [-0.05, 0) is 24.3 Å². The molecule has 0 amide bonds. The largest absolute Gasteiger partial charge is 0.487 e. The fourth-order valence-electron chi connectivity index (χ4n) is 3.41. The minimum atomic E-state index is -3.87. The first kappa shape index (κ1) is 18.7. The van der Waals surface area contributed by atoms with Crippen molar-refractivity contribution < 1.29 is 13.2 Å². The molecule has 2 aliphatic heterocycles. The lowest BCUT2D eigenvalue weighted by atomic mass is 10.2.